The SMILES string of the molecule is Cc1ccc(S(=O)(=O)N/N=C/c2ccc(F)c(Br)c2)cc1. The number of halogens is 2. The Hall–Kier alpha value is -1.73. The highest BCUT2D eigenvalue weighted by Gasteiger charge is 2.11. The lowest BCUT2D eigenvalue weighted by molar-refractivity contribution is 0.584. The summed E-state index contributed by atoms with van der Waals surface area (Å²) in [5, 5.41) is 3.68. The maximum absolute atomic E-state index is 13.1. The van der Waals surface area contributed by atoms with Gasteiger partial charge in [0.05, 0.1) is 15.6 Å². The molecule has 0 unspecified atom stereocenters. The molecule has 2 rings (SSSR count). The number of hydrazone groups is 1. The van der Waals surface area contributed by atoms with E-state index in [1.807, 2.05) is 6.92 Å². The molecule has 0 amide bonds. The van der Waals surface area contributed by atoms with E-state index in [-0.39, 0.29) is 9.37 Å². The third-order valence-electron chi connectivity index (χ3n) is 2.66. The highest BCUT2D eigenvalue weighted by atomic mass is 79.9. The van der Waals surface area contributed by atoms with Gasteiger partial charge in [0.25, 0.3) is 10.0 Å². The first kappa shape index (κ1) is 15.7. The molecule has 0 heterocycles. The Morgan fingerprint density at radius 2 is 1.86 bits per heavy atom. The van der Waals surface area contributed by atoms with Crippen LogP contribution in [0, 0.1) is 12.7 Å². The zero-order valence-corrected chi connectivity index (χ0v) is 13.4. The van der Waals surface area contributed by atoms with Crippen LogP contribution in [0.5, 0.6) is 0 Å². The predicted octanol–water partition coefficient (Wildman–Crippen LogP) is 3.21. The number of aryl methyl sites for hydroxylation is 1. The van der Waals surface area contributed by atoms with Crippen LogP contribution < -0.4 is 4.83 Å². The third kappa shape index (κ3) is 4.12. The van der Waals surface area contributed by atoms with E-state index in [1.54, 1.807) is 12.1 Å². The van der Waals surface area contributed by atoms with Gasteiger partial charge in [-0.15, -0.1) is 0 Å². The first-order valence-electron chi connectivity index (χ1n) is 5.95. The fraction of sp³-hybridized carbons (Fsp3) is 0.0714. The summed E-state index contributed by atoms with van der Waals surface area (Å²) in [6.45, 7) is 1.87. The second-order valence-electron chi connectivity index (χ2n) is 4.34. The standard InChI is InChI=1S/C14H12BrFN2O2S/c1-10-2-5-12(6-3-10)21(19,20)18-17-9-11-4-7-14(16)13(15)8-11/h2-9,18H,1H3/b17-9+. The summed E-state index contributed by atoms with van der Waals surface area (Å²) in [5.74, 6) is -0.396. The molecular formula is C14H12BrFN2O2S. The van der Waals surface area contributed by atoms with E-state index in [1.165, 1.54) is 36.5 Å². The first-order chi connectivity index (χ1) is 9.88. The zero-order valence-electron chi connectivity index (χ0n) is 11.0. The molecule has 21 heavy (non-hydrogen) atoms. The fourth-order valence-electron chi connectivity index (χ4n) is 1.53. The van der Waals surface area contributed by atoms with Gasteiger partial charge in [-0.1, -0.05) is 23.8 Å². The molecule has 0 aliphatic rings. The smallest absolute Gasteiger partial charge is 0.206 e. The number of nitrogens with zero attached hydrogens (tertiary/aromatic N) is 1. The molecule has 7 heteroatoms. The van der Waals surface area contributed by atoms with Crippen molar-refractivity contribution in [2.45, 2.75) is 11.8 Å². The van der Waals surface area contributed by atoms with E-state index in [0.717, 1.165) is 5.56 Å². The Labute approximate surface area is 130 Å². The van der Waals surface area contributed by atoms with E-state index in [4.69, 9.17) is 0 Å². The van der Waals surface area contributed by atoms with Crippen molar-refractivity contribution in [2.75, 3.05) is 0 Å². The number of benzene rings is 2. The van der Waals surface area contributed by atoms with Crippen LogP contribution in [0.25, 0.3) is 0 Å². The van der Waals surface area contributed by atoms with Gasteiger partial charge < -0.3 is 0 Å². The van der Waals surface area contributed by atoms with Crippen molar-refractivity contribution in [1.29, 1.82) is 0 Å². The summed E-state index contributed by atoms with van der Waals surface area (Å²) in [6.07, 6.45) is 1.30. The molecule has 2 aromatic carbocycles. The summed E-state index contributed by atoms with van der Waals surface area (Å²) >= 11 is 3.05. The normalized spacial score (nSPS) is 11.8. The van der Waals surface area contributed by atoms with Crippen molar-refractivity contribution >= 4 is 32.2 Å². The molecule has 0 aliphatic carbocycles. The topological polar surface area (TPSA) is 58.5 Å². The van der Waals surface area contributed by atoms with Crippen molar-refractivity contribution in [3.05, 3.63) is 63.9 Å². The van der Waals surface area contributed by atoms with Crippen molar-refractivity contribution in [3.63, 3.8) is 0 Å². The molecule has 0 fully saturated rings. The average Bonchev–Trinajstić information content (AvgIpc) is 2.43. The monoisotopic (exact) mass is 370 g/mol. The van der Waals surface area contributed by atoms with Crippen LogP contribution in [0.3, 0.4) is 0 Å². The Morgan fingerprint density at radius 1 is 1.19 bits per heavy atom. The number of sulfonamides is 1. The van der Waals surface area contributed by atoms with Gasteiger partial charge in [-0.25, -0.2) is 9.22 Å². The van der Waals surface area contributed by atoms with E-state index in [0.29, 0.717) is 5.56 Å². The molecule has 0 aliphatic heterocycles. The summed E-state index contributed by atoms with van der Waals surface area (Å²) in [7, 11) is -3.70. The number of nitrogens with one attached hydrogen (secondary N) is 1. The van der Waals surface area contributed by atoms with Gasteiger partial charge in [0, 0.05) is 0 Å². The minimum Gasteiger partial charge on any atom is -0.206 e. The number of rotatable bonds is 4. The third-order valence-corrected chi connectivity index (χ3v) is 4.51. The lowest BCUT2D eigenvalue weighted by Crippen LogP contribution is -2.18. The van der Waals surface area contributed by atoms with Gasteiger partial charge in [-0.2, -0.15) is 13.5 Å². The largest absolute Gasteiger partial charge is 0.276 e. The Morgan fingerprint density at radius 3 is 2.48 bits per heavy atom. The molecular weight excluding hydrogens is 359 g/mol. The lowest BCUT2D eigenvalue weighted by Gasteiger charge is -2.03. The van der Waals surface area contributed by atoms with Crippen LogP contribution in [0.15, 0.2) is 56.9 Å². The van der Waals surface area contributed by atoms with Gasteiger partial charge in [-0.05, 0) is 52.7 Å². The van der Waals surface area contributed by atoms with Gasteiger partial charge in [-0.3, -0.25) is 0 Å². The van der Waals surface area contributed by atoms with E-state index < -0.39 is 15.8 Å². The quantitative estimate of drug-likeness (QED) is 0.663. The average molecular weight is 371 g/mol. The van der Waals surface area contributed by atoms with Gasteiger partial charge >= 0.3 is 0 Å². The van der Waals surface area contributed by atoms with E-state index >= 15 is 0 Å². The van der Waals surface area contributed by atoms with E-state index in [9.17, 15) is 12.8 Å². The summed E-state index contributed by atoms with van der Waals surface area (Å²) in [6, 6.07) is 10.7. The summed E-state index contributed by atoms with van der Waals surface area (Å²) in [5.41, 5.74) is 1.53. The molecule has 110 valence electrons. The van der Waals surface area contributed by atoms with Gasteiger partial charge in [0.15, 0.2) is 0 Å². The van der Waals surface area contributed by atoms with Crippen molar-refractivity contribution < 1.29 is 12.8 Å². The van der Waals surface area contributed by atoms with Crippen LogP contribution in [0.1, 0.15) is 11.1 Å². The van der Waals surface area contributed by atoms with Crippen LogP contribution in [-0.4, -0.2) is 14.6 Å². The minimum atomic E-state index is -3.70. The van der Waals surface area contributed by atoms with Crippen LogP contribution in [0.4, 0.5) is 4.39 Å². The molecule has 0 radical (unpaired) electrons. The predicted molar refractivity (Wildman–Crippen MR) is 83.2 cm³/mol. The molecule has 1 N–H and O–H groups in total. The zero-order chi connectivity index (χ0) is 15.5. The lowest BCUT2D eigenvalue weighted by atomic mass is 10.2. The molecule has 0 saturated carbocycles. The van der Waals surface area contributed by atoms with Crippen LogP contribution >= 0.6 is 15.9 Å². The fourth-order valence-corrected chi connectivity index (χ4v) is 2.72. The molecule has 0 bridgehead atoms. The molecule has 2 aromatic rings. The second kappa shape index (κ2) is 6.36. The molecule has 0 atom stereocenters. The highest BCUT2D eigenvalue weighted by Crippen LogP contribution is 2.15. The van der Waals surface area contributed by atoms with Crippen molar-refractivity contribution in [1.82, 2.24) is 4.83 Å². The molecule has 0 aromatic heterocycles. The minimum absolute atomic E-state index is 0.130. The number of hydrogen-bond acceptors (Lipinski definition) is 3. The summed E-state index contributed by atoms with van der Waals surface area (Å²) in [4.78, 5) is 2.24. The highest BCUT2D eigenvalue weighted by molar-refractivity contribution is 9.10. The van der Waals surface area contributed by atoms with Crippen LogP contribution in [0.2, 0.25) is 0 Å². The van der Waals surface area contributed by atoms with E-state index in [2.05, 4.69) is 25.9 Å². The Kier molecular flexibility index (Phi) is 4.74. The first-order valence-corrected chi connectivity index (χ1v) is 8.23. The maximum atomic E-state index is 13.1. The van der Waals surface area contributed by atoms with Crippen molar-refractivity contribution in [2.24, 2.45) is 5.10 Å². The van der Waals surface area contributed by atoms with Gasteiger partial charge in [0.1, 0.15) is 5.82 Å². The molecule has 0 saturated heterocycles. The summed E-state index contributed by atoms with van der Waals surface area (Å²) < 4.78 is 37.3. The molecule has 0 spiro atoms. The van der Waals surface area contributed by atoms with Crippen molar-refractivity contribution in [3.8, 4) is 0 Å². The molecule has 4 nitrogen and oxygen atoms in total. The second-order valence-corrected chi connectivity index (χ2v) is 6.85. The maximum Gasteiger partial charge on any atom is 0.276 e. The Bertz CT molecular complexity index is 774. The van der Waals surface area contributed by atoms with Gasteiger partial charge in [0.2, 0.25) is 0 Å². The Balaban J connectivity index is 2.12. The number of hydrogen-bond donors (Lipinski definition) is 1. The van der Waals surface area contributed by atoms with Crippen LogP contribution in [-0.2, 0) is 10.0 Å².